The van der Waals surface area contributed by atoms with Crippen LogP contribution in [0, 0.1) is 13.7 Å². The van der Waals surface area contributed by atoms with E-state index in [0.717, 1.165) is 4.90 Å². The molecule has 2 N–H and O–H groups in total. The van der Waals surface area contributed by atoms with Gasteiger partial charge in [-0.2, -0.15) is 0 Å². The number of hydrogen-bond donors (Lipinski definition) is 2. The van der Waals surface area contributed by atoms with E-state index in [-0.39, 0.29) is 29.3 Å². The summed E-state index contributed by atoms with van der Waals surface area (Å²) in [5.41, 5.74) is 1.03. The number of aromatic hydroxyl groups is 1. The number of nitrogens with one attached hydrogen (secondary N) is 1. The highest BCUT2D eigenvalue weighted by Crippen LogP contribution is 2.35. The fourth-order valence-electron chi connectivity index (χ4n) is 3.49. The molecule has 0 atom stereocenters. The highest BCUT2D eigenvalue weighted by Gasteiger charge is 2.36. The minimum Gasteiger partial charge on any atom is -0.508 e. The fourth-order valence-corrected chi connectivity index (χ4v) is 4.27. The number of nitrogens with zero attached hydrogens (tertiary/aromatic N) is 2. The van der Waals surface area contributed by atoms with Gasteiger partial charge in [0.2, 0.25) is 0 Å². The SMILES string of the molecule is COc1cc(/C=C2\C(=O)NC(=O)N(c3ccc(O)cc3)C2=O)cc(I)c1OCc1ccc([N+](=O)[O-])cc1. The van der Waals surface area contributed by atoms with Crippen molar-refractivity contribution in [1.29, 1.82) is 0 Å². The number of rotatable bonds is 7. The van der Waals surface area contributed by atoms with Crippen molar-refractivity contribution in [3.05, 3.63) is 91.0 Å². The van der Waals surface area contributed by atoms with Gasteiger partial charge in [0.25, 0.3) is 17.5 Å². The summed E-state index contributed by atoms with van der Waals surface area (Å²) in [6, 6.07) is 13.7. The lowest BCUT2D eigenvalue weighted by atomic mass is 10.1. The van der Waals surface area contributed by atoms with Crippen molar-refractivity contribution in [3.63, 3.8) is 0 Å². The van der Waals surface area contributed by atoms with Crippen LogP contribution in [0.4, 0.5) is 16.2 Å². The third-order valence-electron chi connectivity index (χ3n) is 5.30. The minimum atomic E-state index is -0.903. The third-order valence-corrected chi connectivity index (χ3v) is 6.10. The molecule has 188 valence electrons. The van der Waals surface area contributed by atoms with Gasteiger partial charge < -0.3 is 14.6 Å². The predicted octanol–water partition coefficient (Wildman–Crippen LogP) is 4.16. The van der Waals surface area contributed by atoms with E-state index >= 15 is 0 Å². The Kier molecular flexibility index (Phi) is 7.38. The predicted molar refractivity (Wildman–Crippen MR) is 140 cm³/mol. The summed E-state index contributed by atoms with van der Waals surface area (Å²) >= 11 is 2.02. The largest absolute Gasteiger partial charge is 0.508 e. The van der Waals surface area contributed by atoms with E-state index in [4.69, 9.17) is 9.47 Å². The highest BCUT2D eigenvalue weighted by atomic mass is 127. The maximum Gasteiger partial charge on any atom is 0.335 e. The van der Waals surface area contributed by atoms with Crippen LogP contribution in [0.1, 0.15) is 11.1 Å². The van der Waals surface area contributed by atoms with Gasteiger partial charge in [-0.1, -0.05) is 0 Å². The summed E-state index contributed by atoms with van der Waals surface area (Å²) in [4.78, 5) is 49.1. The number of phenolic OH excluding ortho intramolecular Hbond substituents is 1. The van der Waals surface area contributed by atoms with E-state index in [2.05, 4.69) is 5.32 Å². The van der Waals surface area contributed by atoms with Gasteiger partial charge in [0.05, 0.1) is 21.3 Å². The van der Waals surface area contributed by atoms with Gasteiger partial charge in [0.1, 0.15) is 17.9 Å². The molecule has 4 amide bonds. The molecule has 1 heterocycles. The second-order valence-corrected chi connectivity index (χ2v) is 8.88. The number of ether oxygens (including phenoxy) is 2. The molecule has 0 saturated carbocycles. The number of benzene rings is 3. The highest BCUT2D eigenvalue weighted by molar-refractivity contribution is 14.1. The van der Waals surface area contributed by atoms with Crippen molar-refractivity contribution in [1.82, 2.24) is 5.32 Å². The third kappa shape index (κ3) is 5.53. The van der Waals surface area contributed by atoms with Crippen LogP contribution in [0.2, 0.25) is 0 Å². The van der Waals surface area contributed by atoms with Crippen LogP contribution in [0.25, 0.3) is 6.08 Å². The number of carbonyl (C=O) groups excluding carboxylic acids is 3. The van der Waals surface area contributed by atoms with Crippen LogP contribution < -0.4 is 19.7 Å². The lowest BCUT2D eigenvalue weighted by Gasteiger charge is -2.26. The molecule has 1 saturated heterocycles. The minimum absolute atomic E-state index is 0.0275. The Labute approximate surface area is 223 Å². The number of carbonyl (C=O) groups is 3. The number of non-ortho nitro benzene ring substituents is 1. The van der Waals surface area contributed by atoms with E-state index in [1.54, 1.807) is 24.3 Å². The molecule has 0 spiro atoms. The van der Waals surface area contributed by atoms with Crippen molar-refractivity contribution in [2.45, 2.75) is 6.61 Å². The Morgan fingerprint density at radius 1 is 1.08 bits per heavy atom. The molecule has 12 heteroatoms. The van der Waals surface area contributed by atoms with Gasteiger partial charge in [-0.25, -0.2) is 9.69 Å². The monoisotopic (exact) mass is 615 g/mol. The summed E-state index contributed by atoms with van der Waals surface area (Å²) in [5, 5.41) is 22.5. The zero-order chi connectivity index (χ0) is 26.7. The lowest BCUT2D eigenvalue weighted by Crippen LogP contribution is -2.54. The second kappa shape index (κ2) is 10.7. The zero-order valence-corrected chi connectivity index (χ0v) is 21.3. The number of nitro groups is 1. The average molecular weight is 615 g/mol. The molecule has 0 bridgehead atoms. The molecule has 1 fully saturated rings. The molecular formula is C25H18IN3O8. The number of halogens is 1. The topological polar surface area (TPSA) is 148 Å². The summed E-state index contributed by atoms with van der Waals surface area (Å²) < 4.78 is 11.9. The normalized spacial score (nSPS) is 14.5. The van der Waals surface area contributed by atoms with Gasteiger partial charge >= 0.3 is 6.03 Å². The maximum atomic E-state index is 13.1. The average Bonchev–Trinajstić information content (AvgIpc) is 2.87. The van der Waals surface area contributed by atoms with Crippen LogP contribution in [0.15, 0.2) is 66.2 Å². The first kappa shape index (κ1) is 25.6. The van der Waals surface area contributed by atoms with Crippen molar-refractivity contribution in [3.8, 4) is 17.2 Å². The van der Waals surface area contributed by atoms with Gasteiger partial charge in [0, 0.05) is 12.1 Å². The molecule has 4 rings (SSSR count). The summed E-state index contributed by atoms with van der Waals surface area (Å²) in [6.07, 6.45) is 1.34. The first-order chi connectivity index (χ1) is 17.7. The number of anilines is 1. The van der Waals surface area contributed by atoms with Crippen molar-refractivity contribution in [2.24, 2.45) is 0 Å². The molecule has 3 aromatic rings. The first-order valence-electron chi connectivity index (χ1n) is 10.6. The van der Waals surface area contributed by atoms with Crippen molar-refractivity contribution in [2.75, 3.05) is 12.0 Å². The van der Waals surface area contributed by atoms with Crippen LogP contribution in [0.5, 0.6) is 17.2 Å². The number of methoxy groups -OCH3 is 1. The smallest absolute Gasteiger partial charge is 0.335 e. The standard InChI is InChI=1S/C25H18IN3O8/c1-36-21-12-15(11-20(26)22(21)37-13-14-2-4-17(5-3-14)29(34)35)10-19-23(31)27-25(33)28(24(19)32)16-6-8-18(30)9-7-16/h2-12,30H,13H2,1H3,(H,27,31,33)/b19-10+. The molecule has 3 aromatic carbocycles. The molecule has 0 radical (unpaired) electrons. The van der Waals surface area contributed by atoms with Crippen molar-refractivity contribution >= 4 is 57.9 Å². The first-order valence-corrected chi connectivity index (χ1v) is 11.7. The maximum absolute atomic E-state index is 13.1. The molecule has 1 aliphatic rings. The summed E-state index contributed by atoms with van der Waals surface area (Å²) in [5.74, 6) is -0.984. The summed E-state index contributed by atoms with van der Waals surface area (Å²) in [7, 11) is 1.44. The van der Waals surface area contributed by atoms with Crippen LogP contribution in [-0.2, 0) is 16.2 Å². The van der Waals surface area contributed by atoms with E-state index in [0.29, 0.717) is 26.2 Å². The number of imide groups is 2. The molecule has 1 aliphatic heterocycles. The number of phenols is 1. The van der Waals surface area contributed by atoms with Crippen molar-refractivity contribution < 1.29 is 33.9 Å². The molecular weight excluding hydrogens is 597 g/mol. The molecule has 0 unspecified atom stereocenters. The second-order valence-electron chi connectivity index (χ2n) is 7.72. The molecule has 11 nitrogen and oxygen atoms in total. The van der Waals surface area contributed by atoms with Gasteiger partial charge in [-0.3, -0.25) is 25.0 Å². The van der Waals surface area contributed by atoms with Crippen LogP contribution in [0.3, 0.4) is 0 Å². The Hall–Kier alpha value is -4.46. The van der Waals surface area contributed by atoms with E-state index < -0.39 is 22.8 Å². The number of amides is 4. The fraction of sp³-hybridized carbons (Fsp3) is 0.0800. The van der Waals surface area contributed by atoms with Gasteiger partial charge in [0.15, 0.2) is 11.5 Å². The summed E-state index contributed by atoms with van der Waals surface area (Å²) in [6.45, 7) is 0.120. The number of urea groups is 1. The molecule has 0 aliphatic carbocycles. The number of nitro benzene ring substituents is 1. The van der Waals surface area contributed by atoms with E-state index in [1.165, 1.54) is 49.6 Å². The van der Waals surface area contributed by atoms with Crippen LogP contribution >= 0.6 is 22.6 Å². The lowest BCUT2D eigenvalue weighted by molar-refractivity contribution is -0.384. The van der Waals surface area contributed by atoms with Gasteiger partial charge in [-0.05, 0) is 88.3 Å². The molecule has 37 heavy (non-hydrogen) atoms. The van der Waals surface area contributed by atoms with Gasteiger partial charge in [-0.15, -0.1) is 0 Å². The quantitative estimate of drug-likeness (QED) is 0.132. The Morgan fingerprint density at radius 3 is 2.38 bits per heavy atom. The van der Waals surface area contributed by atoms with Crippen LogP contribution in [-0.4, -0.2) is 35.0 Å². The molecule has 0 aromatic heterocycles. The number of hydrogen-bond acceptors (Lipinski definition) is 8. The van der Waals surface area contributed by atoms with E-state index in [9.17, 15) is 29.6 Å². The Bertz CT molecular complexity index is 1440. The van der Waals surface area contributed by atoms with E-state index in [1.807, 2.05) is 22.6 Å². The zero-order valence-electron chi connectivity index (χ0n) is 19.1. The Morgan fingerprint density at radius 2 is 1.76 bits per heavy atom. The number of barbiturate groups is 1. The Balaban J connectivity index is 1.60.